The van der Waals surface area contributed by atoms with Gasteiger partial charge in [-0.15, -0.1) is 0 Å². The van der Waals surface area contributed by atoms with Gasteiger partial charge in [0, 0.05) is 22.8 Å². The fourth-order valence-corrected chi connectivity index (χ4v) is 2.64. The van der Waals surface area contributed by atoms with E-state index in [4.69, 9.17) is 15.4 Å². The van der Waals surface area contributed by atoms with E-state index in [9.17, 15) is 8.42 Å². The number of rotatable bonds is 5. The lowest BCUT2D eigenvalue weighted by molar-refractivity contribution is 0.269. The SMILES string of the molecule is Cc1ccncc1OCC(C)CS(=O)(=O)Cl. The number of halogens is 1. The first kappa shape index (κ1) is 13.3. The lowest BCUT2D eigenvalue weighted by Crippen LogP contribution is -2.16. The number of aryl methyl sites for hydroxylation is 1. The second-order valence-corrected chi connectivity index (χ2v) is 6.58. The lowest BCUT2D eigenvalue weighted by atomic mass is 10.2. The molecule has 16 heavy (non-hydrogen) atoms. The number of hydrogen-bond donors (Lipinski definition) is 0. The Balaban J connectivity index is 2.49. The van der Waals surface area contributed by atoms with Crippen molar-refractivity contribution in [3.05, 3.63) is 24.0 Å². The molecule has 4 nitrogen and oxygen atoms in total. The topological polar surface area (TPSA) is 56.3 Å². The molecule has 0 N–H and O–H groups in total. The molecule has 0 saturated heterocycles. The Morgan fingerprint density at radius 2 is 2.25 bits per heavy atom. The number of hydrogen-bond acceptors (Lipinski definition) is 4. The summed E-state index contributed by atoms with van der Waals surface area (Å²) in [5.74, 6) is 0.428. The van der Waals surface area contributed by atoms with Gasteiger partial charge in [0.15, 0.2) is 0 Å². The van der Waals surface area contributed by atoms with Crippen LogP contribution in [0.1, 0.15) is 12.5 Å². The molecule has 0 aliphatic rings. The zero-order valence-electron chi connectivity index (χ0n) is 9.18. The van der Waals surface area contributed by atoms with Gasteiger partial charge in [0.2, 0.25) is 9.05 Å². The Bertz CT molecular complexity index is 447. The van der Waals surface area contributed by atoms with Gasteiger partial charge < -0.3 is 4.74 Å². The molecule has 6 heteroatoms. The van der Waals surface area contributed by atoms with Crippen LogP contribution in [0.25, 0.3) is 0 Å². The Hall–Kier alpha value is -0.810. The largest absolute Gasteiger partial charge is 0.491 e. The second-order valence-electron chi connectivity index (χ2n) is 3.76. The number of pyridine rings is 1. The minimum Gasteiger partial charge on any atom is -0.491 e. The van der Waals surface area contributed by atoms with Crippen LogP contribution in [0.3, 0.4) is 0 Å². The Kier molecular flexibility index (Phi) is 4.56. The van der Waals surface area contributed by atoms with Gasteiger partial charge in [-0.3, -0.25) is 4.98 Å². The van der Waals surface area contributed by atoms with E-state index >= 15 is 0 Å². The zero-order valence-corrected chi connectivity index (χ0v) is 10.8. The van der Waals surface area contributed by atoms with Crippen molar-refractivity contribution in [3.63, 3.8) is 0 Å². The predicted molar refractivity (Wildman–Crippen MR) is 63.3 cm³/mol. The van der Waals surface area contributed by atoms with E-state index in [2.05, 4.69) is 4.98 Å². The molecule has 1 aromatic heterocycles. The summed E-state index contributed by atoms with van der Waals surface area (Å²) in [6.45, 7) is 3.98. The molecule has 0 fully saturated rings. The van der Waals surface area contributed by atoms with Crippen molar-refractivity contribution in [1.82, 2.24) is 4.98 Å². The van der Waals surface area contributed by atoms with Crippen LogP contribution < -0.4 is 4.74 Å². The van der Waals surface area contributed by atoms with Gasteiger partial charge in [0.1, 0.15) is 5.75 Å². The van der Waals surface area contributed by atoms with Crippen LogP contribution in [0.4, 0.5) is 0 Å². The molecule has 0 amide bonds. The third kappa shape index (κ3) is 4.81. The predicted octanol–water partition coefficient (Wildman–Crippen LogP) is 1.97. The molecule has 1 heterocycles. The van der Waals surface area contributed by atoms with Gasteiger partial charge in [0.25, 0.3) is 0 Å². The van der Waals surface area contributed by atoms with E-state index in [1.54, 1.807) is 19.3 Å². The van der Waals surface area contributed by atoms with Crippen LogP contribution in [-0.4, -0.2) is 25.8 Å². The molecule has 0 saturated carbocycles. The summed E-state index contributed by atoms with van der Waals surface area (Å²) >= 11 is 0. The molecule has 1 rings (SSSR count). The zero-order chi connectivity index (χ0) is 12.2. The quantitative estimate of drug-likeness (QED) is 0.762. The maximum absolute atomic E-state index is 10.8. The summed E-state index contributed by atoms with van der Waals surface area (Å²) in [6, 6.07) is 1.83. The van der Waals surface area contributed by atoms with Gasteiger partial charge in [-0.1, -0.05) is 6.92 Å². The summed E-state index contributed by atoms with van der Waals surface area (Å²) in [6.07, 6.45) is 3.28. The number of nitrogens with zero attached hydrogens (tertiary/aromatic N) is 1. The third-order valence-corrected chi connectivity index (χ3v) is 3.34. The first-order valence-corrected chi connectivity index (χ1v) is 7.32. The Morgan fingerprint density at radius 1 is 1.56 bits per heavy atom. The van der Waals surface area contributed by atoms with Crippen LogP contribution in [0, 0.1) is 12.8 Å². The van der Waals surface area contributed by atoms with E-state index in [-0.39, 0.29) is 11.7 Å². The summed E-state index contributed by atoms with van der Waals surface area (Å²) < 4.78 is 27.1. The first-order chi connectivity index (χ1) is 7.38. The van der Waals surface area contributed by atoms with Gasteiger partial charge in [-0.05, 0) is 18.6 Å². The molecular weight excluding hydrogens is 250 g/mol. The Morgan fingerprint density at radius 3 is 2.81 bits per heavy atom. The fraction of sp³-hybridized carbons (Fsp3) is 0.500. The summed E-state index contributed by atoms with van der Waals surface area (Å²) in [5.41, 5.74) is 0.968. The average Bonchev–Trinajstić information content (AvgIpc) is 2.14. The summed E-state index contributed by atoms with van der Waals surface area (Å²) in [5, 5.41) is 0. The third-order valence-electron chi connectivity index (χ3n) is 2.00. The highest BCUT2D eigenvalue weighted by Gasteiger charge is 2.13. The molecule has 0 aliphatic heterocycles. The highest BCUT2D eigenvalue weighted by Crippen LogP contribution is 2.16. The molecule has 0 radical (unpaired) electrons. The fourth-order valence-electron chi connectivity index (χ4n) is 1.22. The maximum atomic E-state index is 10.8. The first-order valence-electron chi connectivity index (χ1n) is 4.84. The van der Waals surface area contributed by atoms with Gasteiger partial charge >= 0.3 is 0 Å². The Labute approximate surface area is 100 Å². The molecule has 90 valence electrons. The molecule has 0 aromatic carbocycles. The second kappa shape index (κ2) is 5.50. The van der Waals surface area contributed by atoms with Crippen molar-refractivity contribution < 1.29 is 13.2 Å². The van der Waals surface area contributed by atoms with Crippen molar-refractivity contribution in [3.8, 4) is 5.75 Å². The minimum atomic E-state index is -3.46. The summed E-state index contributed by atoms with van der Waals surface area (Å²) in [4.78, 5) is 3.93. The van der Waals surface area contributed by atoms with Crippen molar-refractivity contribution >= 4 is 19.7 Å². The van der Waals surface area contributed by atoms with E-state index in [0.717, 1.165) is 5.56 Å². The maximum Gasteiger partial charge on any atom is 0.232 e. The normalized spacial score (nSPS) is 13.4. The molecule has 0 aliphatic carbocycles. The van der Waals surface area contributed by atoms with Crippen LogP contribution in [0.5, 0.6) is 5.75 Å². The molecule has 1 aromatic rings. The molecule has 0 bridgehead atoms. The molecule has 0 spiro atoms. The van der Waals surface area contributed by atoms with E-state index < -0.39 is 9.05 Å². The smallest absolute Gasteiger partial charge is 0.232 e. The molecular formula is C10H14ClNO3S. The standard InChI is InChI=1S/C10H14ClNO3S/c1-8(7-16(11,13)14)6-15-10-5-12-4-3-9(10)2/h3-5,8H,6-7H2,1-2H3. The lowest BCUT2D eigenvalue weighted by Gasteiger charge is -2.12. The minimum absolute atomic E-state index is 0.0894. The van der Waals surface area contributed by atoms with Crippen molar-refractivity contribution in [2.24, 2.45) is 5.92 Å². The molecule has 1 unspecified atom stereocenters. The van der Waals surface area contributed by atoms with E-state index in [0.29, 0.717) is 12.4 Å². The van der Waals surface area contributed by atoms with Gasteiger partial charge in [0.05, 0.1) is 18.6 Å². The monoisotopic (exact) mass is 263 g/mol. The van der Waals surface area contributed by atoms with Gasteiger partial charge in [-0.25, -0.2) is 8.42 Å². The average molecular weight is 264 g/mol. The highest BCUT2D eigenvalue weighted by molar-refractivity contribution is 8.13. The van der Waals surface area contributed by atoms with Crippen LogP contribution in [0.2, 0.25) is 0 Å². The van der Waals surface area contributed by atoms with Crippen molar-refractivity contribution in [2.75, 3.05) is 12.4 Å². The van der Waals surface area contributed by atoms with E-state index in [1.165, 1.54) is 0 Å². The summed E-state index contributed by atoms with van der Waals surface area (Å²) in [7, 11) is 1.68. The van der Waals surface area contributed by atoms with E-state index in [1.807, 2.05) is 13.0 Å². The van der Waals surface area contributed by atoms with Crippen LogP contribution in [0.15, 0.2) is 18.5 Å². The van der Waals surface area contributed by atoms with Gasteiger partial charge in [-0.2, -0.15) is 0 Å². The molecule has 1 atom stereocenters. The van der Waals surface area contributed by atoms with Crippen molar-refractivity contribution in [2.45, 2.75) is 13.8 Å². The van der Waals surface area contributed by atoms with Crippen LogP contribution >= 0.6 is 10.7 Å². The van der Waals surface area contributed by atoms with Crippen molar-refractivity contribution in [1.29, 1.82) is 0 Å². The number of aromatic nitrogens is 1. The number of ether oxygens (including phenoxy) is 1. The highest BCUT2D eigenvalue weighted by atomic mass is 35.7. The van der Waals surface area contributed by atoms with Crippen LogP contribution in [-0.2, 0) is 9.05 Å².